The van der Waals surface area contributed by atoms with E-state index in [4.69, 9.17) is 0 Å². The van der Waals surface area contributed by atoms with Gasteiger partial charge in [0.1, 0.15) is 0 Å². The summed E-state index contributed by atoms with van der Waals surface area (Å²) in [5.41, 5.74) is 0. The third-order valence-corrected chi connectivity index (χ3v) is 11.1. The molecule has 0 radical (unpaired) electrons. The number of benzene rings is 3. The number of hydrogen-bond acceptors (Lipinski definition) is 3. The Balaban J connectivity index is 0.000000218. The molecule has 0 unspecified atom stereocenters. The molecule has 0 bridgehead atoms. The maximum atomic E-state index is 4.08. The fraction of sp³-hybridized carbons (Fsp3) is 0.214. The van der Waals surface area contributed by atoms with Crippen molar-refractivity contribution in [2.45, 2.75) is 47.2 Å². The number of hydrogen-bond donors (Lipinski definition) is 3. The summed E-state index contributed by atoms with van der Waals surface area (Å²) in [5, 5.41) is 12.4. The predicted octanol–water partition coefficient (Wildman–Crippen LogP) is 10.2. The molecular weight excluding hydrogens is 480 g/mol. The summed E-state index contributed by atoms with van der Waals surface area (Å²) in [6.07, 6.45) is 7.98. The monoisotopic (exact) mass is 518 g/mol. The topological polar surface area (TPSA) is 0 Å². The SMILES string of the molecule is Sc1ccccc1.Sc1ccccc1.Sc1ccccc1.[CH3][Ti]([CH3])([CH3])([CH3])([CH3])[C]1=CC=CC1. The van der Waals surface area contributed by atoms with Gasteiger partial charge in [0, 0.05) is 14.7 Å². The molecule has 0 amide bonds. The van der Waals surface area contributed by atoms with Gasteiger partial charge in [0.15, 0.2) is 0 Å². The van der Waals surface area contributed by atoms with Gasteiger partial charge in [0.05, 0.1) is 0 Å². The van der Waals surface area contributed by atoms with Crippen LogP contribution in [0, 0.1) is 0 Å². The Bertz CT molecular complexity index is 884. The van der Waals surface area contributed by atoms with E-state index in [2.05, 4.69) is 82.3 Å². The van der Waals surface area contributed by atoms with Crippen LogP contribution in [0.2, 0.25) is 26.1 Å². The van der Waals surface area contributed by atoms with Crippen molar-refractivity contribution in [3.8, 4) is 0 Å². The van der Waals surface area contributed by atoms with E-state index < -0.39 is 14.0 Å². The van der Waals surface area contributed by atoms with Crippen LogP contribution < -0.4 is 0 Å². The zero-order valence-electron chi connectivity index (χ0n) is 19.9. The Hall–Kier alpha value is -1.10. The van der Waals surface area contributed by atoms with E-state index in [1.165, 1.54) is 6.42 Å². The van der Waals surface area contributed by atoms with E-state index in [1.54, 1.807) is 3.88 Å². The first-order valence-corrected chi connectivity index (χ1v) is 20.8. The molecule has 0 atom stereocenters. The molecule has 0 nitrogen and oxygen atoms in total. The van der Waals surface area contributed by atoms with Crippen molar-refractivity contribution in [1.29, 1.82) is 0 Å². The van der Waals surface area contributed by atoms with Gasteiger partial charge in [-0.15, -0.1) is 37.9 Å². The zero-order chi connectivity index (χ0) is 24.2. The van der Waals surface area contributed by atoms with Crippen LogP contribution in [0.1, 0.15) is 6.42 Å². The molecule has 3 aromatic rings. The fourth-order valence-electron chi connectivity index (χ4n) is 2.66. The molecule has 1 aliphatic carbocycles. The molecule has 0 spiro atoms. The Kier molecular flexibility index (Phi) is 11.2. The minimum atomic E-state index is -2.61. The Morgan fingerprint density at radius 3 is 0.969 bits per heavy atom. The van der Waals surface area contributed by atoms with E-state index in [9.17, 15) is 0 Å². The van der Waals surface area contributed by atoms with Gasteiger partial charge in [0.25, 0.3) is 0 Å². The van der Waals surface area contributed by atoms with Crippen molar-refractivity contribution in [1.82, 2.24) is 0 Å². The van der Waals surface area contributed by atoms with Crippen molar-refractivity contribution in [3.63, 3.8) is 0 Å². The molecule has 4 rings (SSSR count). The molecule has 0 fully saturated rings. The predicted molar refractivity (Wildman–Crippen MR) is 152 cm³/mol. The van der Waals surface area contributed by atoms with Gasteiger partial charge >= 0.3 is 68.7 Å². The number of allylic oxidation sites excluding steroid dienone is 4. The van der Waals surface area contributed by atoms with Gasteiger partial charge in [0.2, 0.25) is 0 Å². The van der Waals surface area contributed by atoms with Crippen LogP contribution in [0.3, 0.4) is 0 Å². The van der Waals surface area contributed by atoms with E-state index in [0.717, 1.165) is 14.7 Å². The molecular formula is C28H38S3Ti. The molecule has 0 N–H and O–H groups in total. The van der Waals surface area contributed by atoms with Crippen molar-refractivity contribution < 1.29 is 14.0 Å². The molecule has 0 saturated heterocycles. The number of thiol groups is 3. The molecule has 172 valence electrons. The summed E-state index contributed by atoms with van der Waals surface area (Å²) in [6.45, 7) is 0. The standard InChI is InChI=1S/3C6H6S.C5H5.5CH3.Ti/c3*7-6-4-2-1-3-5-6;1-2-4-5-3-1;;;;;;/h3*1-5,7H;1-3H,4H2;5*1H3;. The minimum absolute atomic E-state index is 1.02. The summed E-state index contributed by atoms with van der Waals surface area (Å²) in [7, 11) is 0. The Labute approximate surface area is 210 Å². The first-order chi connectivity index (χ1) is 14.8. The van der Waals surface area contributed by atoms with E-state index >= 15 is 0 Å². The summed E-state index contributed by atoms with van der Waals surface area (Å²) in [6, 6.07) is 29.4. The van der Waals surface area contributed by atoms with Crippen LogP contribution in [0.4, 0.5) is 0 Å². The molecule has 3 aromatic carbocycles. The fourth-order valence-corrected chi connectivity index (χ4v) is 6.40. The average Bonchev–Trinajstić information content (AvgIpc) is 3.27. The van der Waals surface area contributed by atoms with Crippen molar-refractivity contribution in [2.24, 2.45) is 0 Å². The molecule has 0 aromatic heterocycles. The van der Waals surface area contributed by atoms with Crippen molar-refractivity contribution >= 4 is 37.9 Å². The quantitative estimate of drug-likeness (QED) is 0.207. The second-order valence-corrected chi connectivity index (χ2v) is 33.7. The molecule has 0 saturated carbocycles. The molecule has 0 aliphatic heterocycles. The maximum absolute atomic E-state index is 4.08. The van der Waals surface area contributed by atoms with E-state index in [-0.39, 0.29) is 0 Å². The molecule has 4 heteroatoms. The van der Waals surface area contributed by atoms with Gasteiger partial charge in [-0.2, -0.15) is 0 Å². The van der Waals surface area contributed by atoms with Crippen molar-refractivity contribution in [3.05, 3.63) is 113 Å². The van der Waals surface area contributed by atoms with Crippen LogP contribution in [0.5, 0.6) is 0 Å². The molecule has 1 aliphatic rings. The van der Waals surface area contributed by atoms with Crippen molar-refractivity contribution in [2.75, 3.05) is 0 Å². The van der Waals surface area contributed by atoms with Gasteiger partial charge in [-0.1, -0.05) is 54.6 Å². The Morgan fingerprint density at radius 2 is 0.844 bits per heavy atom. The summed E-state index contributed by atoms with van der Waals surface area (Å²) >= 11 is 9.65. The van der Waals surface area contributed by atoms with Gasteiger partial charge in [-0.05, 0) is 36.4 Å². The summed E-state index contributed by atoms with van der Waals surface area (Å²) < 4.78 is 1.70. The number of rotatable bonds is 1. The van der Waals surface area contributed by atoms with Crippen LogP contribution in [-0.4, -0.2) is 0 Å². The molecule has 0 heterocycles. The second-order valence-electron chi connectivity index (χ2n) is 11.6. The second kappa shape index (κ2) is 12.4. The van der Waals surface area contributed by atoms with Crippen LogP contribution in [0.15, 0.2) is 128 Å². The Morgan fingerprint density at radius 1 is 0.531 bits per heavy atom. The summed E-state index contributed by atoms with van der Waals surface area (Å²) in [4.78, 5) is 3.05. The van der Waals surface area contributed by atoms with E-state index in [0.29, 0.717) is 0 Å². The van der Waals surface area contributed by atoms with Crippen LogP contribution in [-0.2, 0) is 14.0 Å². The third kappa shape index (κ3) is 14.1. The zero-order valence-corrected chi connectivity index (χ0v) is 24.2. The van der Waals surface area contributed by atoms with Gasteiger partial charge in [-0.3, -0.25) is 0 Å². The normalized spacial score (nSPS) is 14.1. The third-order valence-electron chi connectivity index (χ3n) is 4.65. The first kappa shape index (κ1) is 28.9. The van der Waals surface area contributed by atoms with Crippen LogP contribution in [0.25, 0.3) is 0 Å². The van der Waals surface area contributed by atoms with Gasteiger partial charge in [-0.25, -0.2) is 0 Å². The van der Waals surface area contributed by atoms with Gasteiger partial charge < -0.3 is 0 Å². The van der Waals surface area contributed by atoms with Crippen LogP contribution >= 0.6 is 37.9 Å². The molecule has 32 heavy (non-hydrogen) atoms. The first-order valence-electron chi connectivity index (χ1n) is 10.9. The van der Waals surface area contributed by atoms with E-state index in [1.807, 2.05) is 91.0 Å². The average molecular weight is 519 g/mol. The summed E-state index contributed by atoms with van der Waals surface area (Å²) in [5.74, 6) is 0.